The average molecular weight is 643 g/mol. The summed E-state index contributed by atoms with van der Waals surface area (Å²) in [4.78, 5) is 0. The van der Waals surface area contributed by atoms with Crippen molar-refractivity contribution in [1.29, 1.82) is 0 Å². The quantitative estimate of drug-likeness (QED) is 0.179. The molecule has 49 heavy (non-hydrogen) atoms. The van der Waals surface area contributed by atoms with Gasteiger partial charge in [0, 0.05) is 48.0 Å². The Balaban J connectivity index is 1.17. The van der Waals surface area contributed by atoms with Gasteiger partial charge in [0.05, 0.1) is 6.26 Å². The first-order valence-corrected chi connectivity index (χ1v) is 17.4. The smallest absolute Gasteiger partial charge is 0.139 e. The van der Waals surface area contributed by atoms with Gasteiger partial charge in [-0.05, 0) is 79.7 Å². The summed E-state index contributed by atoms with van der Waals surface area (Å²) in [6.45, 7) is 0. The van der Waals surface area contributed by atoms with Gasteiger partial charge in [0.15, 0.2) is 0 Å². The summed E-state index contributed by atoms with van der Waals surface area (Å²) in [5.41, 5.74) is 9.67. The number of fused-ring (bicyclic) bond motifs is 9. The highest BCUT2D eigenvalue weighted by Gasteiger charge is 2.21. The molecule has 0 aliphatic heterocycles. The molecule has 11 rings (SSSR count). The van der Waals surface area contributed by atoms with Crippen molar-refractivity contribution in [1.82, 2.24) is 0 Å². The van der Waals surface area contributed by atoms with Crippen molar-refractivity contribution >= 4 is 86.0 Å². The van der Waals surface area contributed by atoms with Crippen LogP contribution in [-0.2, 0) is 0 Å². The molecule has 0 amide bonds. The molecular formula is C46H26O2S. The van der Waals surface area contributed by atoms with Gasteiger partial charge in [-0.3, -0.25) is 0 Å². The lowest BCUT2D eigenvalue weighted by molar-refractivity contribution is 0.614. The first kappa shape index (κ1) is 26.9. The van der Waals surface area contributed by atoms with Crippen LogP contribution in [0.25, 0.3) is 108 Å². The highest BCUT2D eigenvalue weighted by molar-refractivity contribution is 7.25. The fourth-order valence-electron chi connectivity index (χ4n) is 8.01. The molecule has 0 fully saturated rings. The van der Waals surface area contributed by atoms with Crippen molar-refractivity contribution in [3.63, 3.8) is 0 Å². The van der Waals surface area contributed by atoms with Crippen LogP contribution >= 0.6 is 11.3 Å². The minimum Gasteiger partial charge on any atom is -0.464 e. The molecule has 2 nitrogen and oxygen atoms in total. The zero-order chi connectivity index (χ0) is 32.1. The van der Waals surface area contributed by atoms with Gasteiger partial charge in [-0.25, -0.2) is 0 Å². The minimum absolute atomic E-state index is 0.826. The van der Waals surface area contributed by atoms with Gasteiger partial charge in [-0.15, -0.1) is 11.3 Å². The summed E-state index contributed by atoms with van der Waals surface area (Å²) in [5.74, 6) is 0. The molecular weight excluding hydrogens is 617 g/mol. The van der Waals surface area contributed by atoms with Gasteiger partial charge in [0.2, 0.25) is 0 Å². The maximum atomic E-state index is 6.58. The van der Waals surface area contributed by atoms with Crippen LogP contribution < -0.4 is 0 Å². The van der Waals surface area contributed by atoms with Crippen LogP contribution in [0.2, 0.25) is 0 Å². The van der Waals surface area contributed by atoms with Crippen molar-refractivity contribution in [3.05, 3.63) is 158 Å². The standard InChI is InChI=1S/C46H26O2S/c1-2-11-27(12-3-1)38-26-47-39-25-41-36(24-37(38)39)29-22-21-28(23-40(29)48-41)44-30-13-4-6-15-32(30)45(33-16-7-5-14-31(33)44)35-18-10-20-43-46(35)34-17-8-9-19-42(34)49-43/h1-26H. The molecule has 8 aromatic carbocycles. The van der Waals surface area contributed by atoms with Crippen molar-refractivity contribution in [2.75, 3.05) is 0 Å². The molecule has 0 aliphatic rings. The molecule has 11 aromatic rings. The van der Waals surface area contributed by atoms with E-state index < -0.39 is 0 Å². The lowest BCUT2D eigenvalue weighted by Gasteiger charge is -2.18. The number of rotatable bonds is 3. The van der Waals surface area contributed by atoms with Gasteiger partial charge in [-0.1, -0.05) is 115 Å². The van der Waals surface area contributed by atoms with Gasteiger partial charge >= 0.3 is 0 Å². The Bertz CT molecular complexity index is 3050. The Hall–Kier alpha value is -6.16. The largest absolute Gasteiger partial charge is 0.464 e. The topological polar surface area (TPSA) is 26.3 Å². The van der Waals surface area contributed by atoms with Gasteiger partial charge in [-0.2, -0.15) is 0 Å². The second kappa shape index (κ2) is 10.2. The molecule has 0 radical (unpaired) electrons. The summed E-state index contributed by atoms with van der Waals surface area (Å²) < 4.78 is 15.2. The second-order valence-corrected chi connectivity index (χ2v) is 13.9. The Kier molecular flexibility index (Phi) is 5.57. The molecule has 0 bridgehead atoms. The number of furan rings is 2. The minimum atomic E-state index is 0.826. The molecule has 0 saturated carbocycles. The third-order valence-electron chi connectivity index (χ3n) is 10.1. The van der Waals surface area contributed by atoms with Crippen LogP contribution in [0, 0.1) is 0 Å². The highest BCUT2D eigenvalue weighted by atomic mass is 32.1. The SMILES string of the molecule is c1ccc(-c2coc3cc4oc5cc(-c6c7ccccc7c(-c7cccc8sc9ccccc9c78)c7ccccc67)ccc5c4cc23)cc1. The van der Waals surface area contributed by atoms with Crippen LogP contribution in [0.4, 0.5) is 0 Å². The van der Waals surface area contributed by atoms with E-state index in [-0.39, 0.29) is 0 Å². The van der Waals surface area contributed by atoms with Crippen LogP contribution in [0.3, 0.4) is 0 Å². The van der Waals surface area contributed by atoms with Gasteiger partial charge in [0.1, 0.15) is 16.7 Å². The third kappa shape index (κ3) is 3.88. The summed E-state index contributed by atoms with van der Waals surface area (Å²) in [7, 11) is 0. The molecule has 0 unspecified atom stereocenters. The van der Waals surface area contributed by atoms with Crippen LogP contribution in [0.5, 0.6) is 0 Å². The van der Waals surface area contributed by atoms with E-state index in [1.54, 1.807) is 0 Å². The fraction of sp³-hybridized carbons (Fsp3) is 0. The summed E-state index contributed by atoms with van der Waals surface area (Å²) in [5, 5.41) is 10.9. The van der Waals surface area contributed by atoms with E-state index in [0.29, 0.717) is 0 Å². The Morgan fingerprint density at radius 2 is 1.02 bits per heavy atom. The van der Waals surface area contributed by atoms with Crippen molar-refractivity contribution in [3.8, 4) is 33.4 Å². The van der Waals surface area contributed by atoms with Crippen LogP contribution in [-0.4, -0.2) is 0 Å². The number of thiophene rings is 1. The molecule has 0 atom stereocenters. The maximum Gasteiger partial charge on any atom is 0.139 e. The van der Waals surface area contributed by atoms with Gasteiger partial charge < -0.3 is 8.83 Å². The Labute approximate surface area is 285 Å². The molecule has 0 aliphatic carbocycles. The van der Waals surface area contributed by atoms with E-state index in [0.717, 1.165) is 49.6 Å². The highest BCUT2D eigenvalue weighted by Crippen LogP contribution is 2.48. The molecule has 0 N–H and O–H groups in total. The maximum absolute atomic E-state index is 6.58. The van der Waals surface area contributed by atoms with E-state index in [4.69, 9.17) is 8.83 Å². The van der Waals surface area contributed by atoms with Crippen molar-refractivity contribution in [2.24, 2.45) is 0 Å². The summed E-state index contributed by atoms with van der Waals surface area (Å²) in [6.07, 6.45) is 1.85. The first-order valence-electron chi connectivity index (χ1n) is 16.6. The Morgan fingerprint density at radius 3 is 1.80 bits per heavy atom. The molecule has 3 heterocycles. The second-order valence-electron chi connectivity index (χ2n) is 12.8. The monoisotopic (exact) mass is 642 g/mol. The fourth-order valence-corrected chi connectivity index (χ4v) is 9.14. The summed E-state index contributed by atoms with van der Waals surface area (Å²) in [6, 6.07) is 54.7. The number of hydrogen-bond acceptors (Lipinski definition) is 3. The van der Waals surface area contributed by atoms with Crippen LogP contribution in [0.1, 0.15) is 0 Å². The molecule has 0 spiro atoms. The zero-order valence-electron chi connectivity index (χ0n) is 26.2. The number of hydrogen-bond donors (Lipinski definition) is 0. The van der Waals surface area contributed by atoms with Crippen LogP contribution in [0.15, 0.2) is 167 Å². The van der Waals surface area contributed by atoms with Gasteiger partial charge in [0.25, 0.3) is 0 Å². The predicted octanol–water partition coefficient (Wildman–Crippen LogP) is 14.0. The lowest BCUT2D eigenvalue weighted by atomic mass is 9.85. The normalized spacial score (nSPS) is 12.1. The predicted molar refractivity (Wildman–Crippen MR) is 208 cm³/mol. The van der Waals surface area contributed by atoms with E-state index in [9.17, 15) is 0 Å². The molecule has 228 valence electrons. The average Bonchev–Trinajstić information content (AvgIpc) is 3.85. The summed E-state index contributed by atoms with van der Waals surface area (Å²) >= 11 is 1.87. The third-order valence-corrected chi connectivity index (χ3v) is 11.3. The molecule has 3 heteroatoms. The molecule has 3 aromatic heterocycles. The lowest BCUT2D eigenvalue weighted by Crippen LogP contribution is -1.91. The zero-order valence-corrected chi connectivity index (χ0v) is 27.1. The number of benzene rings is 8. The molecule has 0 saturated heterocycles. The first-order chi connectivity index (χ1) is 24.3. The van der Waals surface area contributed by atoms with E-state index >= 15 is 0 Å². The van der Waals surface area contributed by atoms with Crippen molar-refractivity contribution in [2.45, 2.75) is 0 Å². The van der Waals surface area contributed by atoms with Crippen molar-refractivity contribution < 1.29 is 8.83 Å². The Morgan fingerprint density at radius 1 is 0.367 bits per heavy atom. The van der Waals surface area contributed by atoms with E-state index in [1.165, 1.54) is 58.4 Å². The van der Waals surface area contributed by atoms with E-state index in [2.05, 4.69) is 140 Å². The van der Waals surface area contributed by atoms with E-state index in [1.807, 2.05) is 29.7 Å².